The first-order valence-corrected chi connectivity index (χ1v) is 9.57. The summed E-state index contributed by atoms with van der Waals surface area (Å²) in [5, 5.41) is 3.35. The van der Waals surface area contributed by atoms with Crippen molar-refractivity contribution < 1.29 is 4.74 Å². The minimum Gasteiger partial charge on any atom is -0.491 e. The summed E-state index contributed by atoms with van der Waals surface area (Å²) in [5.74, 6) is 3.63. The zero-order chi connectivity index (χ0) is 14.8. The Balaban J connectivity index is 1.62. The first kappa shape index (κ1) is 15.8. The van der Waals surface area contributed by atoms with Crippen LogP contribution in [-0.4, -0.2) is 13.2 Å². The number of benzene rings is 1. The molecular formula is C17H23Br2NO. The van der Waals surface area contributed by atoms with Crippen molar-refractivity contribution in [3.05, 3.63) is 26.6 Å². The van der Waals surface area contributed by atoms with Crippen molar-refractivity contribution in [3.8, 4) is 5.75 Å². The van der Waals surface area contributed by atoms with Crippen LogP contribution in [0.5, 0.6) is 5.75 Å². The second-order valence-corrected chi connectivity index (χ2v) is 8.12. The standard InChI is InChI=1S/C17H23Br2NO/c1-2-20-9-12-7-15(18)17(16(19)8-12)21-10-14-6-11-3-4-13(14)5-11/h7-8,11,13-14,20H,2-6,9-10H2,1H3. The van der Waals surface area contributed by atoms with Crippen LogP contribution in [0.1, 0.15) is 38.2 Å². The largest absolute Gasteiger partial charge is 0.491 e. The lowest BCUT2D eigenvalue weighted by Gasteiger charge is -2.22. The molecule has 2 nitrogen and oxygen atoms in total. The van der Waals surface area contributed by atoms with Gasteiger partial charge in [0.1, 0.15) is 5.75 Å². The maximum atomic E-state index is 6.15. The third-order valence-corrected chi connectivity index (χ3v) is 6.14. The summed E-state index contributed by atoms with van der Waals surface area (Å²) in [6.45, 7) is 4.86. The lowest BCUT2D eigenvalue weighted by Crippen LogP contribution is -2.19. The molecule has 0 radical (unpaired) electrons. The molecule has 0 amide bonds. The molecule has 2 saturated carbocycles. The van der Waals surface area contributed by atoms with Crippen molar-refractivity contribution in [2.24, 2.45) is 17.8 Å². The third kappa shape index (κ3) is 3.65. The molecule has 2 aliphatic rings. The molecule has 0 saturated heterocycles. The summed E-state index contributed by atoms with van der Waals surface area (Å²) < 4.78 is 8.25. The quantitative estimate of drug-likeness (QED) is 0.693. The normalized spacial score (nSPS) is 27.3. The Morgan fingerprint density at radius 1 is 1.19 bits per heavy atom. The number of nitrogens with one attached hydrogen (secondary N) is 1. The highest BCUT2D eigenvalue weighted by Crippen LogP contribution is 2.48. The van der Waals surface area contributed by atoms with E-state index < -0.39 is 0 Å². The molecule has 0 aliphatic heterocycles. The first-order chi connectivity index (χ1) is 10.2. The third-order valence-electron chi connectivity index (χ3n) is 4.96. The fourth-order valence-corrected chi connectivity index (χ4v) is 5.40. The molecular weight excluding hydrogens is 394 g/mol. The molecule has 2 bridgehead atoms. The van der Waals surface area contributed by atoms with E-state index in [-0.39, 0.29) is 0 Å². The fourth-order valence-electron chi connectivity index (χ4n) is 3.89. The number of rotatable bonds is 6. The van der Waals surface area contributed by atoms with E-state index >= 15 is 0 Å². The van der Waals surface area contributed by atoms with Gasteiger partial charge >= 0.3 is 0 Å². The Bertz CT molecular complexity index is 483. The van der Waals surface area contributed by atoms with Crippen LogP contribution in [0, 0.1) is 17.8 Å². The van der Waals surface area contributed by atoms with Crippen LogP contribution in [-0.2, 0) is 6.54 Å². The van der Waals surface area contributed by atoms with Crippen molar-refractivity contribution in [2.45, 2.75) is 39.2 Å². The molecule has 1 N–H and O–H groups in total. The lowest BCUT2D eigenvalue weighted by molar-refractivity contribution is 0.193. The van der Waals surface area contributed by atoms with Gasteiger partial charge < -0.3 is 10.1 Å². The first-order valence-electron chi connectivity index (χ1n) is 7.98. The monoisotopic (exact) mass is 415 g/mol. The Morgan fingerprint density at radius 3 is 2.52 bits per heavy atom. The molecule has 3 rings (SSSR count). The van der Waals surface area contributed by atoms with E-state index in [2.05, 4.69) is 56.2 Å². The highest BCUT2D eigenvalue weighted by molar-refractivity contribution is 9.11. The summed E-state index contributed by atoms with van der Waals surface area (Å²) in [7, 11) is 0. The number of hydrogen-bond acceptors (Lipinski definition) is 2. The molecule has 116 valence electrons. The molecule has 3 unspecified atom stereocenters. The molecule has 2 fully saturated rings. The van der Waals surface area contributed by atoms with Crippen molar-refractivity contribution in [2.75, 3.05) is 13.2 Å². The number of hydrogen-bond donors (Lipinski definition) is 1. The molecule has 1 aromatic carbocycles. The second-order valence-electron chi connectivity index (χ2n) is 6.41. The summed E-state index contributed by atoms with van der Waals surface area (Å²) in [4.78, 5) is 0. The average Bonchev–Trinajstić information content (AvgIpc) is 3.06. The Labute approximate surface area is 144 Å². The molecule has 1 aromatic rings. The molecule has 3 atom stereocenters. The zero-order valence-electron chi connectivity index (χ0n) is 12.5. The maximum absolute atomic E-state index is 6.15. The van der Waals surface area contributed by atoms with E-state index in [0.29, 0.717) is 0 Å². The van der Waals surface area contributed by atoms with Gasteiger partial charge in [-0.05, 0) is 93.1 Å². The lowest BCUT2D eigenvalue weighted by atomic mass is 9.89. The van der Waals surface area contributed by atoms with Crippen LogP contribution < -0.4 is 10.1 Å². The Hall–Kier alpha value is -0.0600. The predicted octanol–water partition coefficient (Wildman–Crippen LogP) is 5.14. The number of ether oxygens (including phenoxy) is 1. The molecule has 4 heteroatoms. The highest BCUT2D eigenvalue weighted by Gasteiger charge is 2.39. The van der Waals surface area contributed by atoms with Gasteiger partial charge in [0.15, 0.2) is 0 Å². The summed E-state index contributed by atoms with van der Waals surface area (Å²) >= 11 is 7.32. The minimum atomic E-state index is 0.768. The van der Waals surface area contributed by atoms with E-state index in [1.54, 1.807) is 0 Å². The van der Waals surface area contributed by atoms with Gasteiger partial charge in [-0.25, -0.2) is 0 Å². The topological polar surface area (TPSA) is 21.3 Å². The molecule has 2 aliphatic carbocycles. The van der Waals surface area contributed by atoms with Gasteiger partial charge in [0.2, 0.25) is 0 Å². The van der Waals surface area contributed by atoms with E-state index in [1.165, 1.54) is 31.2 Å². The van der Waals surface area contributed by atoms with Crippen molar-refractivity contribution in [3.63, 3.8) is 0 Å². The Kier molecular flexibility index (Phi) is 5.28. The SMILES string of the molecule is CCNCc1cc(Br)c(OCC2CC3CCC2C3)c(Br)c1. The number of halogens is 2. The summed E-state index contributed by atoms with van der Waals surface area (Å²) in [5.41, 5.74) is 1.27. The summed E-state index contributed by atoms with van der Waals surface area (Å²) in [6.07, 6.45) is 5.69. The van der Waals surface area contributed by atoms with Crippen molar-refractivity contribution in [1.82, 2.24) is 5.32 Å². The van der Waals surface area contributed by atoms with Gasteiger partial charge in [0.25, 0.3) is 0 Å². The highest BCUT2D eigenvalue weighted by atomic mass is 79.9. The second kappa shape index (κ2) is 7.01. The van der Waals surface area contributed by atoms with Crippen LogP contribution in [0.15, 0.2) is 21.1 Å². The van der Waals surface area contributed by atoms with Crippen LogP contribution in [0.2, 0.25) is 0 Å². The number of fused-ring (bicyclic) bond motifs is 2. The Morgan fingerprint density at radius 2 is 1.95 bits per heavy atom. The van der Waals surface area contributed by atoms with Gasteiger partial charge in [0.05, 0.1) is 15.6 Å². The molecule has 0 heterocycles. The van der Waals surface area contributed by atoms with Gasteiger partial charge in [-0.15, -0.1) is 0 Å². The van der Waals surface area contributed by atoms with Crippen molar-refractivity contribution in [1.29, 1.82) is 0 Å². The van der Waals surface area contributed by atoms with Gasteiger partial charge in [-0.3, -0.25) is 0 Å². The van der Waals surface area contributed by atoms with Crippen molar-refractivity contribution >= 4 is 31.9 Å². The fraction of sp³-hybridized carbons (Fsp3) is 0.647. The zero-order valence-corrected chi connectivity index (χ0v) is 15.7. The van der Waals surface area contributed by atoms with Crippen LogP contribution >= 0.6 is 31.9 Å². The smallest absolute Gasteiger partial charge is 0.147 e. The van der Waals surface area contributed by atoms with E-state index in [9.17, 15) is 0 Å². The predicted molar refractivity (Wildman–Crippen MR) is 93.7 cm³/mol. The van der Waals surface area contributed by atoms with Gasteiger partial charge in [0, 0.05) is 6.54 Å². The van der Waals surface area contributed by atoms with Crippen LogP contribution in [0.4, 0.5) is 0 Å². The van der Waals surface area contributed by atoms with E-state index in [1.807, 2.05) is 0 Å². The average molecular weight is 417 g/mol. The van der Waals surface area contributed by atoms with E-state index in [0.717, 1.165) is 52.1 Å². The van der Waals surface area contributed by atoms with Crippen LogP contribution in [0.25, 0.3) is 0 Å². The van der Waals surface area contributed by atoms with Crippen LogP contribution in [0.3, 0.4) is 0 Å². The maximum Gasteiger partial charge on any atom is 0.147 e. The molecule has 0 spiro atoms. The van der Waals surface area contributed by atoms with Gasteiger partial charge in [-0.1, -0.05) is 13.3 Å². The van der Waals surface area contributed by atoms with E-state index in [4.69, 9.17) is 4.74 Å². The molecule has 21 heavy (non-hydrogen) atoms. The van der Waals surface area contributed by atoms with Gasteiger partial charge in [-0.2, -0.15) is 0 Å². The summed E-state index contributed by atoms with van der Waals surface area (Å²) in [6, 6.07) is 4.31. The minimum absolute atomic E-state index is 0.768. The molecule has 0 aromatic heterocycles.